The normalized spacial score (nSPS) is 10.9. The van der Waals surface area contributed by atoms with Gasteiger partial charge in [-0.3, -0.25) is 0 Å². The van der Waals surface area contributed by atoms with Crippen LogP contribution in [0.1, 0.15) is 16.2 Å². The molecule has 2 heterocycles. The van der Waals surface area contributed by atoms with Crippen LogP contribution in [0.5, 0.6) is 0 Å². The summed E-state index contributed by atoms with van der Waals surface area (Å²) < 4.78 is 4.87. The minimum Gasteiger partial charge on any atom is -0.475 e. The van der Waals surface area contributed by atoms with Gasteiger partial charge in [0.15, 0.2) is 0 Å². The third-order valence-electron chi connectivity index (χ3n) is 2.92. The molecule has 0 saturated heterocycles. The Morgan fingerprint density at radius 1 is 1.39 bits per heavy atom. The highest BCUT2D eigenvalue weighted by atomic mass is 16.5. The third-order valence-corrected chi connectivity index (χ3v) is 2.92. The lowest BCUT2D eigenvalue weighted by molar-refractivity contribution is 0.0653. The summed E-state index contributed by atoms with van der Waals surface area (Å²) in [6, 6.07) is 7.69. The molecule has 0 aliphatic carbocycles. The summed E-state index contributed by atoms with van der Waals surface area (Å²) in [5, 5.41) is 13.8. The molecule has 3 rings (SSSR count). The summed E-state index contributed by atoms with van der Waals surface area (Å²) in [6.07, 6.45) is 1.77. The number of aromatic amines is 1. The molecule has 0 unspecified atom stereocenters. The van der Waals surface area contributed by atoms with Gasteiger partial charge >= 0.3 is 5.97 Å². The first-order valence-corrected chi connectivity index (χ1v) is 5.44. The maximum Gasteiger partial charge on any atom is 0.375 e. The zero-order chi connectivity index (χ0) is 12.7. The van der Waals surface area contributed by atoms with Crippen molar-refractivity contribution in [2.24, 2.45) is 0 Å². The predicted octanol–water partition coefficient (Wildman–Crippen LogP) is 2.83. The van der Waals surface area contributed by atoms with E-state index >= 15 is 0 Å². The van der Waals surface area contributed by atoms with Crippen LogP contribution in [-0.2, 0) is 0 Å². The summed E-state index contributed by atoms with van der Waals surface area (Å²) >= 11 is 0. The molecule has 0 bridgehead atoms. The monoisotopic (exact) mass is 242 g/mol. The number of H-pyrrole nitrogens is 1. The van der Waals surface area contributed by atoms with Gasteiger partial charge in [-0.1, -0.05) is 23.4 Å². The maximum absolute atomic E-state index is 11.1. The molecule has 18 heavy (non-hydrogen) atoms. The summed E-state index contributed by atoms with van der Waals surface area (Å²) in [5.74, 6) is -1.24. The van der Waals surface area contributed by atoms with Crippen molar-refractivity contribution in [3.8, 4) is 11.1 Å². The van der Waals surface area contributed by atoms with Gasteiger partial charge < -0.3 is 14.6 Å². The number of fused-ring (bicyclic) bond motifs is 1. The van der Waals surface area contributed by atoms with Crippen LogP contribution in [0, 0.1) is 6.92 Å². The van der Waals surface area contributed by atoms with E-state index in [0.29, 0.717) is 11.3 Å². The average molecular weight is 242 g/mol. The maximum atomic E-state index is 11.1. The van der Waals surface area contributed by atoms with Crippen molar-refractivity contribution in [3.05, 3.63) is 41.9 Å². The van der Waals surface area contributed by atoms with Crippen molar-refractivity contribution in [1.29, 1.82) is 0 Å². The fraction of sp³-hybridized carbons (Fsp3) is 0.0769. The minimum absolute atomic E-state index is 0.128. The lowest BCUT2D eigenvalue weighted by Gasteiger charge is -1.97. The summed E-state index contributed by atoms with van der Waals surface area (Å²) in [5.41, 5.74) is 2.84. The predicted molar refractivity (Wildman–Crippen MR) is 65.5 cm³/mol. The fourth-order valence-electron chi connectivity index (χ4n) is 2.11. The zero-order valence-corrected chi connectivity index (χ0v) is 9.60. The first kappa shape index (κ1) is 10.6. The van der Waals surface area contributed by atoms with Gasteiger partial charge in [-0.25, -0.2) is 4.79 Å². The van der Waals surface area contributed by atoms with E-state index in [1.54, 1.807) is 13.1 Å². The molecule has 2 N–H and O–H groups in total. The highest BCUT2D eigenvalue weighted by molar-refractivity contribution is 6.02. The molecule has 0 aliphatic rings. The number of rotatable bonds is 2. The smallest absolute Gasteiger partial charge is 0.375 e. The number of carboxylic acid groups (broad SMARTS) is 1. The van der Waals surface area contributed by atoms with E-state index in [4.69, 9.17) is 9.63 Å². The Hall–Kier alpha value is -2.56. The van der Waals surface area contributed by atoms with Crippen LogP contribution in [0.3, 0.4) is 0 Å². The fourth-order valence-corrected chi connectivity index (χ4v) is 2.11. The number of aromatic nitrogens is 2. The van der Waals surface area contributed by atoms with Gasteiger partial charge in [0.1, 0.15) is 0 Å². The van der Waals surface area contributed by atoms with E-state index in [1.807, 2.05) is 24.3 Å². The van der Waals surface area contributed by atoms with Gasteiger partial charge in [0.05, 0.1) is 11.3 Å². The van der Waals surface area contributed by atoms with Gasteiger partial charge in [0, 0.05) is 22.7 Å². The Balaban J connectivity index is 2.33. The number of nitrogens with one attached hydrogen (secondary N) is 1. The molecule has 0 aliphatic heterocycles. The first-order valence-electron chi connectivity index (χ1n) is 5.44. The molecule has 90 valence electrons. The largest absolute Gasteiger partial charge is 0.475 e. The number of hydrogen-bond acceptors (Lipinski definition) is 3. The zero-order valence-electron chi connectivity index (χ0n) is 9.60. The number of para-hydroxylation sites is 1. The Bertz CT molecular complexity index is 740. The van der Waals surface area contributed by atoms with Gasteiger partial charge in [0.2, 0.25) is 0 Å². The van der Waals surface area contributed by atoms with E-state index in [0.717, 1.165) is 16.5 Å². The second kappa shape index (κ2) is 3.73. The van der Waals surface area contributed by atoms with Crippen molar-refractivity contribution in [3.63, 3.8) is 0 Å². The molecular formula is C13H10N2O3. The van der Waals surface area contributed by atoms with Gasteiger partial charge in [-0.2, -0.15) is 0 Å². The number of hydrogen-bond donors (Lipinski definition) is 2. The van der Waals surface area contributed by atoms with Crippen LogP contribution in [0.4, 0.5) is 0 Å². The van der Waals surface area contributed by atoms with Crippen LogP contribution in [-0.4, -0.2) is 21.2 Å². The van der Waals surface area contributed by atoms with Crippen molar-refractivity contribution < 1.29 is 14.4 Å². The van der Waals surface area contributed by atoms with Gasteiger partial charge in [-0.05, 0) is 13.0 Å². The quantitative estimate of drug-likeness (QED) is 0.724. The average Bonchev–Trinajstić information content (AvgIpc) is 2.92. The molecule has 3 aromatic rings. The Morgan fingerprint density at radius 2 is 2.17 bits per heavy atom. The molecular weight excluding hydrogens is 232 g/mol. The van der Waals surface area contributed by atoms with E-state index < -0.39 is 5.97 Å². The number of nitrogens with zero attached hydrogens (tertiary/aromatic N) is 1. The molecule has 2 aromatic heterocycles. The van der Waals surface area contributed by atoms with Crippen molar-refractivity contribution in [2.45, 2.75) is 6.92 Å². The second-order valence-electron chi connectivity index (χ2n) is 4.03. The van der Waals surface area contributed by atoms with E-state index in [-0.39, 0.29) is 5.76 Å². The molecule has 0 fully saturated rings. The van der Waals surface area contributed by atoms with Crippen LogP contribution in [0.15, 0.2) is 35.0 Å². The summed E-state index contributed by atoms with van der Waals surface area (Å²) in [6.45, 7) is 1.73. The van der Waals surface area contributed by atoms with Crippen molar-refractivity contribution >= 4 is 16.9 Å². The molecule has 0 amide bonds. The lowest BCUT2D eigenvalue weighted by Crippen LogP contribution is -1.96. The number of benzene rings is 1. The van der Waals surface area contributed by atoms with Crippen LogP contribution < -0.4 is 0 Å². The molecule has 5 heteroatoms. The molecule has 0 radical (unpaired) electrons. The standard InChI is InChI=1S/C13H10N2O3/c1-7-11(12(13(16)17)18-15-7)9-6-14-10-5-3-2-4-8(9)10/h2-6,14H,1H3,(H,16,17). The Morgan fingerprint density at radius 3 is 2.94 bits per heavy atom. The number of carboxylic acids is 1. The van der Waals surface area contributed by atoms with E-state index in [1.165, 1.54) is 0 Å². The molecule has 5 nitrogen and oxygen atoms in total. The number of carbonyl (C=O) groups is 1. The van der Waals surface area contributed by atoms with Gasteiger partial charge in [0.25, 0.3) is 5.76 Å². The van der Waals surface area contributed by atoms with E-state index in [2.05, 4.69) is 10.1 Å². The second-order valence-corrected chi connectivity index (χ2v) is 4.03. The lowest BCUT2D eigenvalue weighted by atomic mass is 10.0. The van der Waals surface area contributed by atoms with Crippen molar-refractivity contribution in [2.75, 3.05) is 0 Å². The summed E-state index contributed by atoms with van der Waals surface area (Å²) in [7, 11) is 0. The molecule has 0 saturated carbocycles. The number of aryl methyl sites for hydroxylation is 1. The van der Waals surface area contributed by atoms with Crippen LogP contribution in [0.2, 0.25) is 0 Å². The van der Waals surface area contributed by atoms with Crippen molar-refractivity contribution in [1.82, 2.24) is 10.1 Å². The topological polar surface area (TPSA) is 79.1 Å². The highest BCUT2D eigenvalue weighted by Gasteiger charge is 2.22. The van der Waals surface area contributed by atoms with Crippen LogP contribution >= 0.6 is 0 Å². The summed E-state index contributed by atoms with van der Waals surface area (Å²) in [4.78, 5) is 14.2. The minimum atomic E-state index is -1.11. The van der Waals surface area contributed by atoms with E-state index in [9.17, 15) is 4.79 Å². The van der Waals surface area contributed by atoms with Gasteiger partial charge in [-0.15, -0.1) is 0 Å². The molecule has 0 spiro atoms. The third kappa shape index (κ3) is 1.41. The molecule has 0 atom stereocenters. The van der Waals surface area contributed by atoms with Crippen LogP contribution in [0.25, 0.3) is 22.0 Å². The number of aromatic carboxylic acids is 1. The highest BCUT2D eigenvalue weighted by Crippen LogP contribution is 2.33. The Kier molecular flexibility index (Phi) is 2.19. The SMILES string of the molecule is Cc1noc(C(=O)O)c1-c1c[nH]c2ccccc12. The first-order chi connectivity index (χ1) is 8.68. The Labute approximate surface area is 102 Å². The molecule has 1 aromatic carbocycles.